The second kappa shape index (κ2) is 8.46. The van der Waals surface area contributed by atoms with Crippen LogP contribution in [0.4, 0.5) is 0 Å². The van der Waals surface area contributed by atoms with Gasteiger partial charge in [-0.2, -0.15) is 0 Å². The molecule has 1 saturated heterocycles. The van der Waals surface area contributed by atoms with Crippen LogP contribution in [0.2, 0.25) is 5.02 Å². The number of pyridine rings is 2. The number of phosphoric acid groups is 1. The Bertz CT molecular complexity index is 1480. The van der Waals surface area contributed by atoms with Crippen molar-refractivity contribution in [2.75, 3.05) is 6.61 Å². The molecule has 0 radical (unpaired) electrons. The first kappa shape index (κ1) is 22.4. The molecule has 2 N–H and O–H groups in total. The standard InChI is InChI=1S/C21H17ClN2O7P2/c22-15-3-1-2-13(10-15)18-7-9-29-32(25,30-18)16-11-14-4-5-17-19(31-33(26,27)28)6-8-23-21(17)20(14)24-12-16/h1-6,8,10-12,18H,7,9H2,(H2,26,27,28). The van der Waals surface area contributed by atoms with Crippen molar-refractivity contribution in [3.05, 3.63) is 71.5 Å². The molecule has 0 saturated carbocycles. The van der Waals surface area contributed by atoms with Crippen molar-refractivity contribution in [3.8, 4) is 5.75 Å². The normalized spacial score (nSPS) is 21.4. The van der Waals surface area contributed by atoms with E-state index >= 15 is 0 Å². The molecule has 1 aliphatic rings. The number of rotatable bonds is 4. The van der Waals surface area contributed by atoms with Crippen molar-refractivity contribution in [2.24, 2.45) is 0 Å². The van der Waals surface area contributed by atoms with Crippen LogP contribution in [-0.2, 0) is 18.2 Å². The first-order chi connectivity index (χ1) is 15.7. The number of hydrogen-bond donors (Lipinski definition) is 2. The predicted octanol–water partition coefficient (Wildman–Crippen LogP) is 4.90. The fourth-order valence-electron chi connectivity index (χ4n) is 3.73. The van der Waals surface area contributed by atoms with E-state index in [1.54, 1.807) is 30.3 Å². The van der Waals surface area contributed by atoms with Gasteiger partial charge in [0.05, 0.1) is 23.5 Å². The van der Waals surface area contributed by atoms with E-state index in [0.29, 0.717) is 38.6 Å². The third-order valence-electron chi connectivity index (χ3n) is 5.17. The van der Waals surface area contributed by atoms with Gasteiger partial charge >= 0.3 is 15.4 Å². The highest BCUT2D eigenvalue weighted by molar-refractivity contribution is 7.62. The lowest BCUT2D eigenvalue weighted by Crippen LogP contribution is -2.20. The molecule has 4 aromatic rings. The average molecular weight is 507 g/mol. The predicted molar refractivity (Wildman–Crippen MR) is 123 cm³/mol. The second-order valence-corrected chi connectivity index (χ2v) is 11.0. The lowest BCUT2D eigenvalue weighted by atomic mass is 10.1. The number of aromatic nitrogens is 2. The zero-order chi connectivity index (χ0) is 23.2. The van der Waals surface area contributed by atoms with E-state index in [9.17, 15) is 9.13 Å². The van der Waals surface area contributed by atoms with E-state index in [1.165, 1.54) is 18.5 Å². The molecule has 5 rings (SSSR count). The monoisotopic (exact) mass is 506 g/mol. The highest BCUT2D eigenvalue weighted by atomic mass is 35.5. The van der Waals surface area contributed by atoms with Crippen LogP contribution < -0.4 is 9.83 Å². The summed E-state index contributed by atoms with van der Waals surface area (Å²) in [5, 5.41) is 1.84. The van der Waals surface area contributed by atoms with E-state index in [0.717, 1.165) is 5.56 Å². The largest absolute Gasteiger partial charge is 0.524 e. The van der Waals surface area contributed by atoms with Gasteiger partial charge in [0.2, 0.25) is 0 Å². The minimum Gasteiger partial charge on any atom is -0.403 e. The molecular weight excluding hydrogens is 490 g/mol. The molecule has 0 amide bonds. The number of fused-ring (bicyclic) bond motifs is 3. The summed E-state index contributed by atoms with van der Waals surface area (Å²) in [6.07, 6.45) is 2.86. The van der Waals surface area contributed by atoms with Crippen LogP contribution >= 0.6 is 27.0 Å². The van der Waals surface area contributed by atoms with Crippen LogP contribution in [0.15, 0.2) is 60.9 Å². The molecule has 3 heterocycles. The maximum atomic E-state index is 13.6. The van der Waals surface area contributed by atoms with Crippen LogP contribution in [0.5, 0.6) is 5.75 Å². The third-order valence-corrected chi connectivity index (χ3v) is 7.77. The van der Waals surface area contributed by atoms with Crippen LogP contribution in [0, 0.1) is 0 Å². The minimum atomic E-state index is -4.75. The lowest BCUT2D eigenvalue weighted by molar-refractivity contribution is 0.0875. The smallest absolute Gasteiger partial charge is 0.403 e. The van der Waals surface area contributed by atoms with Gasteiger partial charge in [-0.05, 0) is 35.9 Å². The van der Waals surface area contributed by atoms with Crippen molar-refractivity contribution in [1.82, 2.24) is 9.97 Å². The van der Waals surface area contributed by atoms with E-state index in [4.69, 9.17) is 35.0 Å². The van der Waals surface area contributed by atoms with Crippen LogP contribution in [0.25, 0.3) is 21.8 Å². The van der Waals surface area contributed by atoms with Gasteiger partial charge in [0, 0.05) is 34.6 Å². The highest BCUT2D eigenvalue weighted by Crippen LogP contribution is 2.55. The molecule has 12 heteroatoms. The molecule has 1 aliphatic heterocycles. The van der Waals surface area contributed by atoms with Crippen molar-refractivity contribution >= 4 is 54.1 Å². The first-order valence-electron chi connectivity index (χ1n) is 9.83. The summed E-state index contributed by atoms with van der Waals surface area (Å²) >= 11 is 6.09. The Morgan fingerprint density at radius 2 is 1.97 bits per heavy atom. The summed E-state index contributed by atoms with van der Waals surface area (Å²) < 4.78 is 41.1. The van der Waals surface area contributed by atoms with Crippen LogP contribution in [0.1, 0.15) is 18.1 Å². The summed E-state index contributed by atoms with van der Waals surface area (Å²) in [5.41, 5.74) is 1.64. The summed E-state index contributed by atoms with van der Waals surface area (Å²) in [4.78, 5) is 27.0. The van der Waals surface area contributed by atoms with Crippen LogP contribution in [0.3, 0.4) is 0 Å². The molecule has 1 fully saturated rings. The minimum absolute atomic E-state index is 0.0165. The zero-order valence-corrected chi connectivity index (χ0v) is 19.4. The average Bonchev–Trinajstić information content (AvgIpc) is 2.78. The quantitative estimate of drug-likeness (QED) is 0.293. The Hall–Kier alpha value is -2.35. The van der Waals surface area contributed by atoms with Crippen LogP contribution in [-0.4, -0.2) is 26.4 Å². The fraction of sp³-hybridized carbons (Fsp3) is 0.143. The molecule has 2 aromatic carbocycles. The van der Waals surface area contributed by atoms with E-state index in [-0.39, 0.29) is 12.4 Å². The fourth-order valence-corrected chi connectivity index (χ4v) is 6.08. The molecule has 170 valence electrons. The Labute approximate surface area is 193 Å². The molecule has 0 bridgehead atoms. The number of halogens is 1. The molecule has 2 atom stereocenters. The summed E-state index contributed by atoms with van der Waals surface area (Å²) in [6.45, 7) is 0.245. The van der Waals surface area contributed by atoms with Crippen molar-refractivity contribution in [2.45, 2.75) is 12.5 Å². The Morgan fingerprint density at radius 3 is 2.76 bits per heavy atom. The highest BCUT2D eigenvalue weighted by Gasteiger charge is 2.37. The molecule has 0 aliphatic carbocycles. The third kappa shape index (κ3) is 4.54. The maximum Gasteiger partial charge on any atom is 0.524 e. The van der Waals surface area contributed by atoms with E-state index < -0.39 is 21.5 Å². The Balaban J connectivity index is 1.53. The molecule has 9 nitrogen and oxygen atoms in total. The summed E-state index contributed by atoms with van der Waals surface area (Å²) in [6, 6.07) is 13.5. The Morgan fingerprint density at radius 1 is 1.12 bits per heavy atom. The van der Waals surface area contributed by atoms with Gasteiger partial charge in [-0.1, -0.05) is 29.8 Å². The van der Waals surface area contributed by atoms with Gasteiger partial charge in [-0.25, -0.2) is 4.57 Å². The van der Waals surface area contributed by atoms with Crippen molar-refractivity contribution in [3.63, 3.8) is 0 Å². The number of nitrogens with zero attached hydrogens (tertiary/aromatic N) is 2. The SMILES string of the molecule is O=P(O)(O)Oc1ccnc2c1ccc1cc(P3(=O)OCCC(c4cccc(Cl)c4)O3)cnc12. The summed E-state index contributed by atoms with van der Waals surface area (Å²) in [5.74, 6) is -0.0165. The van der Waals surface area contributed by atoms with Gasteiger partial charge in [0.1, 0.15) is 11.3 Å². The Kier molecular flexibility index (Phi) is 5.75. The van der Waals surface area contributed by atoms with Gasteiger partial charge in [0.15, 0.2) is 0 Å². The van der Waals surface area contributed by atoms with E-state index in [1.807, 2.05) is 12.1 Å². The van der Waals surface area contributed by atoms with Gasteiger partial charge in [-0.15, -0.1) is 0 Å². The topological polar surface area (TPSA) is 128 Å². The number of benzene rings is 2. The molecular formula is C21H17ClN2O7P2. The first-order valence-corrected chi connectivity index (χ1v) is 13.3. The second-order valence-electron chi connectivity index (χ2n) is 7.39. The van der Waals surface area contributed by atoms with Crippen molar-refractivity contribution in [1.29, 1.82) is 0 Å². The van der Waals surface area contributed by atoms with Gasteiger partial charge < -0.3 is 9.05 Å². The molecule has 33 heavy (non-hydrogen) atoms. The van der Waals surface area contributed by atoms with Gasteiger partial charge in [0.25, 0.3) is 0 Å². The molecule has 2 unspecified atom stereocenters. The lowest BCUT2D eigenvalue weighted by Gasteiger charge is -2.30. The maximum absolute atomic E-state index is 13.6. The number of phosphoric ester groups is 1. The number of hydrogen-bond acceptors (Lipinski definition) is 7. The van der Waals surface area contributed by atoms with Gasteiger partial charge in [-0.3, -0.25) is 28.8 Å². The summed E-state index contributed by atoms with van der Waals surface area (Å²) in [7, 11) is -8.41. The zero-order valence-electron chi connectivity index (χ0n) is 16.9. The van der Waals surface area contributed by atoms with Crippen molar-refractivity contribution < 1.29 is 32.5 Å². The van der Waals surface area contributed by atoms with E-state index in [2.05, 4.69) is 9.97 Å². The molecule has 0 spiro atoms. The molecule has 2 aromatic heterocycles.